The predicted octanol–water partition coefficient (Wildman–Crippen LogP) is 4.96. The van der Waals surface area contributed by atoms with E-state index in [4.69, 9.17) is 28.9 Å². The van der Waals surface area contributed by atoms with Crippen LogP contribution in [0.15, 0.2) is 36.4 Å². The molecule has 0 bridgehead atoms. The average molecular weight is 364 g/mol. The summed E-state index contributed by atoms with van der Waals surface area (Å²) < 4.78 is 0. The largest absolute Gasteiger partial charge is 0.399 e. The fourth-order valence-corrected chi connectivity index (χ4v) is 3.54. The van der Waals surface area contributed by atoms with Crippen molar-refractivity contribution in [2.45, 2.75) is 32.4 Å². The Morgan fingerprint density at radius 2 is 2.00 bits per heavy atom. The van der Waals surface area contributed by atoms with E-state index in [0.717, 1.165) is 36.6 Å². The monoisotopic (exact) mass is 363 g/mol. The van der Waals surface area contributed by atoms with E-state index in [0.29, 0.717) is 16.1 Å². The number of halogens is 2. The van der Waals surface area contributed by atoms with E-state index >= 15 is 0 Å². The van der Waals surface area contributed by atoms with Crippen LogP contribution in [-0.2, 0) is 6.54 Å². The summed E-state index contributed by atoms with van der Waals surface area (Å²) in [5.41, 5.74) is 10.2. The number of likely N-dealkylation sites (tertiary alicyclic amines) is 1. The molecular formula is C19H23Cl2N3. The third-order valence-corrected chi connectivity index (χ3v) is 5.28. The number of nitrogens with one attached hydrogen (secondary N) is 1. The molecular weight excluding hydrogens is 341 g/mol. The first-order chi connectivity index (χ1) is 11.5. The maximum atomic E-state index is 6.12. The van der Waals surface area contributed by atoms with E-state index < -0.39 is 0 Å². The molecule has 128 valence electrons. The molecule has 1 unspecified atom stereocenters. The molecule has 1 fully saturated rings. The Bertz CT molecular complexity index is 658. The van der Waals surface area contributed by atoms with Crippen LogP contribution >= 0.6 is 23.2 Å². The van der Waals surface area contributed by atoms with E-state index in [2.05, 4.69) is 28.4 Å². The minimum atomic E-state index is 0.449. The van der Waals surface area contributed by atoms with Gasteiger partial charge in [0.15, 0.2) is 0 Å². The van der Waals surface area contributed by atoms with E-state index in [1.165, 1.54) is 18.4 Å². The van der Waals surface area contributed by atoms with Crippen LogP contribution in [0.4, 0.5) is 11.4 Å². The van der Waals surface area contributed by atoms with Crippen molar-refractivity contribution in [2.75, 3.05) is 24.1 Å². The van der Waals surface area contributed by atoms with Crippen LogP contribution in [0, 0.1) is 6.92 Å². The summed E-state index contributed by atoms with van der Waals surface area (Å²) in [6.07, 6.45) is 2.37. The van der Waals surface area contributed by atoms with Crippen molar-refractivity contribution in [3.63, 3.8) is 0 Å². The van der Waals surface area contributed by atoms with Crippen LogP contribution in [0.5, 0.6) is 0 Å². The fourth-order valence-electron chi connectivity index (χ4n) is 3.21. The van der Waals surface area contributed by atoms with Crippen LogP contribution in [0.3, 0.4) is 0 Å². The van der Waals surface area contributed by atoms with Crippen molar-refractivity contribution in [2.24, 2.45) is 0 Å². The van der Waals surface area contributed by atoms with Crippen LogP contribution in [-0.4, -0.2) is 24.0 Å². The maximum Gasteiger partial charge on any atom is 0.0595 e. The number of nitrogen functional groups attached to an aromatic ring is 1. The normalized spacial score (nSPS) is 18.5. The number of anilines is 2. The Labute approximate surface area is 153 Å². The van der Waals surface area contributed by atoms with E-state index in [-0.39, 0.29) is 0 Å². The number of aryl methyl sites for hydroxylation is 1. The molecule has 1 aliphatic heterocycles. The molecule has 1 aliphatic rings. The number of nitrogens with two attached hydrogens (primary N) is 1. The van der Waals surface area contributed by atoms with E-state index in [1.54, 1.807) is 0 Å². The molecule has 0 aliphatic carbocycles. The highest BCUT2D eigenvalue weighted by atomic mass is 35.5. The van der Waals surface area contributed by atoms with Gasteiger partial charge in [0.1, 0.15) is 0 Å². The van der Waals surface area contributed by atoms with Crippen LogP contribution in [0.25, 0.3) is 0 Å². The first kappa shape index (κ1) is 17.4. The van der Waals surface area contributed by atoms with Gasteiger partial charge < -0.3 is 11.1 Å². The van der Waals surface area contributed by atoms with Gasteiger partial charge in [-0.15, -0.1) is 0 Å². The highest BCUT2D eigenvalue weighted by Crippen LogP contribution is 2.25. The smallest absolute Gasteiger partial charge is 0.0595 e. The lowest BCUT2D eigenvalue weighted by atomic mass is 10.0. The predicted molar refractivity (Wildman–Crippen MR) is 104 cm³/mol. The zero-order valence-corrected chi connectivity index (χ0v) is 15.4. The van der Waals surface area contributed by atoms with E-state index in [9.17, 15) is 0 Å². The molecule has 0 spiro atoms. The number of hydrogen-bond donors (Lipinski definition) is 2. The number of nitrogens with zero attached hydrogens (tertiary/aromatic N) is 1. The second-order valence-corrected chi connectivity index (χ2v) is 7.35. The Morgan fingerprint density at radius 3 is 2.75 bits per heavy atom. The first-order valence-electron chi connectivity index (χ1n) is 8.30. The molecule has 5 heteroatoms. The van der Waals surface area contributed by atoms with Gasteiger partial charge in [-0.3, -0.25) is 4.90 Å². The summed E-state index contributed by atoms with van der Waals surface area (Å²) in [4.78, 5) is 2.46. The van der Waals surface area contributed by atoms with Gasteiger partial charge in [-0.05, 0) is 67.8 Å². The van der Waals surface area contributed by atoms with Crippen molar-refractivity contribution in [3.05, 3.63) is 57.6 Å². The summed E-state index contributed by atoms with van der Waals surface area (Å²) in [5, 5.41) is 4.87. The molecule has 3 rings (SSSR count). The number of piperidine rings is 1. The minimum Gasteiger partial charge on any atom is -0.399 e. The number of rotatable bonds is 4. The Hall–Kier alpha value is -1.42. The standard InChI is InChI=1S/C19H23Cl2N3/c1-13-9-15(5-7-19(13)22)23-16-3-2-8-24(12-16)11-14-4-6-17(20)18(21)10-14/h4-7,9-10,16,23H,2-3,8,11-12,22H2,1H3. The minimum absolute atomic E-state index is 0.449. The molecule has 0 amide bonds. The topological polar surface area (TPSA) is 41.3 Å². The van der Waals surface area contributed by atoms with Crippen molar-refractivity contribution in [1.82, 2.24) is 4.90 Å². The van der Waals surface area contributed by atoms with Gasteiger partial charge in [0.2, 0.25) is 0 Å². The molecule has 3 N–H and O–H groups in total. The second kappa shape index (κ2) is 7.64. The van der Waals surface area contributed by atoms with Gasteiger partial charge >= 0.3 is 0 Å². The van der Waals surface area contributed by atoms with Gasteiger partial charge in [0.25, 0.3) is 0 Å². The summed E-state index contributed by atoms with van der Waals surface area (Å²) in [6, 6.07) is 12.5. The lowest BCUT2D eigenvalue weighted by Crippen LogP contribution is -2.41. The van der Waals surface area contributed by atoms with Crippen LogP contribution in [0.2, 0.25) is 10.0 Å². The van der Waals surface area contributed by atoms with Crippen LogP contribution < -0.4 is 11.1 Å². The molecule has 2 aromatic carbocycles. The molecule has 0 aromatic heterocycles. The third-order valence-electron chi connectivity index (χ3n) is 4.54. The summed E-state index contributed by atoms with van der Waals surface area (Å²) in [7, 11) is 0. The molecule has 0 radical (unpaired) electrons. The van der Waals surface area contributed by atoms with Crippen molar-refractivity contribution in [1.29, 1.82) is 0 Å². The van der Waals surface area contributed by atoms with Crippen molar-refractivity contribution >= 4 is 34.6 Å². The highest BCUT2D eigenvalue weighted by Gasteiger charge is 2.20. The molecule has 1 atom stereocenters. The van der Waals surface area contributed by atoms with Gasteiger partial charge in [-0.2, -0.15) is 0 Å². The molecule has 1 heterocycles. The third kappa shape index (κ3) is 4.35. The lowest BCUT2D eigenvalue weighted by Gasteiger charge is -2.34. The zero-order valence-electron chi connectivity index (χ0n) is 13.9. The quantitative estimate of drug-likeness (QED) is 0.754. The van der Waals surface area contributed by atoms with Gasteiger partial charge in [-0.25, -0.2) is 0 Å². The maximum absolute atomic E-state index is 6.12. The molecule has 3 nitrogen and oxygen atoms in total. The highest BCUT2D eigenvalue weighted by molar-refractivity contribution is 6.42. The number of benzene rings is 2. The second-order valence-electron chi connectivity index (χ2n) is 6.54. The van der Waals surface area contributed by atoms with E-state index in [1.807, 2.05) is 25.1 Å². The van der Waals surface area contributed by atoms with Crippen LogP contribution in [0.1, 0.15) is 24.0 Å². The van der Waals surface area contributed by atoms with Gasteiger partial charge in [0, 0.05) is 30.5 Å². The van der Waals surface area contributed by atoms with Crippen molar-refractivity contribution < 1.29 is 0 Å². The zero-order chi connectivity index (χ0) is 17.1. The fraction of sp³-hybridized carbons (Fsp3) is 0.368. The van der Waals surface area contributed by atoms with Crippen molar-refractivity contribution in [3.8, 4) is 0 Å². The SMILES string of the molecule is Cc1cc(NC2CCCN(Cc3ccc(Cl)c(Cl)c3)C2)ccc1N. The summed E-state index contributed by atoms with van der Waals surface area (Å²) >= 11 is 12.1. The Kier molecular flexibility index (Phi) is 5.54. The molecule has 1 saturated heterocycles. The Balaban J connectivity index is 1.61. The molecule has 2 aromatic rings. The number of hydrogen-bond acceptors (Lipinski definition) is 3. The molecule has 24 heavy (non-hydrogen) atoms. The Morgan fingerprint density at radius 1 is 1.17 bits per heavy atom. The van der Waals surface area contributed by atoms with Gasteiger partial charge in [-0.1, -0.05) is 29.3 Å². The first-order valence-corrected chi connectivity index (χ1v) is 9.06. The van der Waals surface area contributed by atoms with Gasteiger partial charge in [0.05, 0.1) is 10.0 Å². The summed E-state index contributed by atoms with van der Waals surface area (Å²) in [6.45, 7) is 5.07. The average Bonchev–Trinajstić information content (AvgIpc) is 2.55. The molecule has 0 saturated carbocycles. The summed E-state index contributed by atoms with van der Waals surface area (Å²) in [5.74, 6) is 0. The lowest BCUT2D eigenvalue weighted by molar-refractivity contribution is 0.208.